The summed E-state index contributed by atoms with van der Waals surface area (Å²) in [5.74, 6) is -0.0341. The Bertz CT molecular complexity index is 1410. The molecule has 0 radical (unpaired) electrons. The summed E-state index contributed by atoms with van der Waals surface area (Å²) >= 11 is 12.4. The Morgan fingerprint density at radius 3 is 2.47 bits per heavy atom. The van der Waals surface area contributed by atoms with Gasteiger partial charge in [-0.3, -0.25) is 9.69 Å². The fourth-order valence-electron chi connectivity index (χ4n) is 4.52. The van der Waals surface area contributed by atoms with Gasteiger partial charge in [0, 0.05) is 27.6 Å². The first-order valence-corrected chi connectivity index (χ1v) is 12.4. The molecule has 2 aliphatic rings. The van der Waals surface area contributed by atoms with Gasteiger partial charge in [0.15, 0.2) is 0 Å². The molecule has 0 fully saturated rings. The maximum Gasteiger partial charge on any atom is 0.408 e. The van der Waals surface area contributed by atoms with Crippen molar-refractivity contribution in [2.45, 2.75) is 31.7 Å². The second-order valence-corrected chi connectivity index (χ2v) is 9.63. The van der Waals surface area contributed by atoms with Crippen LogP contribution in [0, 0.1) is 0 Å². The van der Waals surface area contributed by atoms with Gasteiger partial charge >= 0.3 is 12.1 Å². The van der Waals surface area contributed by atoms with Crippen LogP contribution in [0.25, 0.3) is 0 Å². The number of rotatable bonds is 5. The molecule has 0 bridgehead atoms. The Morgan fingerprint density at radius 1 is 1.11 bits per heavy atom. The number of anilines is 1. The van der Waals surface area contributed by atoms with Gasteiger partial charge in [-0.05, 0) is 47.5 Å². The Kier molecular flexibility index (Phi) is 7.05. The van der Waals surface area contributed by atoms with Gasteiger partial charge in [0.1, 0.15) is 24.1 Å². The van der Waals surface area contributed by atoms with Crippen molar-refractivity contribution in [3.63, 3.8) is 0 Å². The number of hydrogen-bond acceptors (Lipinski definition) is 6. The average molecular weight is 557 g/mol. The summed E-state index contributed by atoms with van der Waals surface area (Å²) < 4.78 is 16.6. The van der Waals surface area contributed by atoms with Gasteiger partial charge in [0.25, 0.3) is 5.91 Å². The normalized spacial score (nSPS) is 18.0. The van der Waals surface area contributed by atoms with Crippen molar-refractivity contribution in [2.24, 2.45) is 0 Å². The SMILES string of the molecule is COC(=O)[C@@H]1Cc2cc3c(cc2CN1C(=O)O)OC(c1ccc(OCc2c(Cl)cccc2Cl)cc1)C(=O)N3. The molecule has 0 spiro atoms. The van der Waals surface area contributed by atoms with Gasteiger partial charge in [0.05, 0.1) is 19.3 Å². The zero-order valence-corrected chi connectivity index (χ0v) is 21.6. The second-order valence-electron chi connectivity index (χ2n) is 8.82. The number of methoxy groups -OCH3 is 1. The second kappa shape index (κ2) is 10.4. The molecule has 38 heavy (non-hydrogen) atoms. The molecule has 0 saturated carbocycles. The van der Waals surface area contributed by atoms with Crippen LogP contribution in [-0.2, 0) is 33.9 Å². The Labute approximate surface area is 227 Å². The van der Waals surface area contributed by atoms with E-state index in [0.29, 0.717) is 43.9 Å². The van der Waals surface area contributed by atoms with E-state index in [1.54, 1.807) is 54.6 Å². The number of hydrogen-bond donors (Lipinski definition) is 2. The minimum Gasteiger partial charge on any atom is -0.489 e. The number of amides is 2. The van der Waals surface area contributed by atoms with E-state index in [0.717, 1.165) is 10.5 Å². The summed E-state index contributed by atoms with van der Waals surface area (Å²) in [5, 5.41) is 13.5. The largest absolute Gasteiger partial charge is 0.489 e. The third-order valence-electron chi connectivity index (χ3n) is 6.52. The third-order valence-corrected chi connectivity index (χ3v) is 7.23. The van der Waals surface area contributed by atoms with Crippen molar-refractivity contribution >= 4 is 46.9 Å². The van der Waals surface area contributed by atoms with E-state index in [-0.39, 0.29) is 25.5 Å². The van der Waals surface area contributed by atoms with Gasteiger partial charge in [-0.2, -0.15) is 0 Å². The first-order chi connectivity index (χ1) is 18.2. The molecule has 9 nitrogen and oxygen atoms in total. The number of carboxylic acid groups (broad SMARTS) is 1. The van der Waals surface area contributed by atoms with Gasteiger partial charge in [0.2, 0.25) is 6.10 Å². The van der Waals surface area contributed by atoms with Crippen molar-refractivity contribution in [3.05, 3.63) is 86.9 Å². The highest BCUT2D eigenvalue weighted by atomic mass is 35.5. The molecule has 11 heteroatoms. The molecule has 3 aromatic rings. The number of carbonyl (C=O) groups is 3. The summed E-state index contributed by atoms with van der Waals surface area (Å²) in [6.07, 6.45) is -2.02. The topological polar surface area (TPSA) is 114 Å². The van der Waals surface area contributed by atoms with Crippen molar-refractivity contribution in [1.29, 1.82) is 0 Å². The molecular formula is C27H22Cl2N2O7. The predicted octanol–water partition coefficient (Wildman–Crippen LogP) is 5.22. The van der Waals surface area contributed by atoms with Crippen molar-refractivity contribution in [1.82, 2.24) is 4.90 Å². The van der Waals surface area contributed by atoms with E-state index in [1.807, 2.05) is 0 Å². The summed E-state index contributed by atoms with van der Waals surface area (Å²) in [5.41, 5.74) is 3.15. The van der Waals surface area contributed by atoms with Crippen molar-refractivity contribution < 1.29 is 33.7 Å². The molecule has 0 aliphatic carbocycles. The summed E-state index contributed by atoms with van der Waals surface area (Å²) in [7, 11) is 1.21. The molecule has 2 atom stereocenters. The fraction of sp³-hybridized carbons (Fsp3) is 0.222. The monoisotopic (exact) mass is 556 g/mol. The third kappa shape index (κ3) is 4.94. The highest BCUT2D eigenvalue weighted by Crippen LogP contribution is 2.39. The molecule has 2 N–H and O–H groups in total. The number of nitrogens with one attached hydrogen (secondary N) is 1. The molecule has 3 aromatic carbocycles. The predicted molar refractivity (Wildman–Crippen MR) is 139 cm³/mol. The number of nitrogens with zero attached hydrogens (tertiary/aromatic N) is 1. The van der Waals surface area contributed by atoms with Crippen LogP contribution in [0.15, 0.2) is 54.6 Å². The minimum atomic E-state index is -1.23. The maximum absolute atomic E-state index is 12.9. The molecule has 0 saturated heterocycles. The van der Waals surface area contributed by atoms with E-state index >= 15 is 0 Å². The standard InChI is InChI=1S/C27H22Cl2N2O7/c1-36-26(33)22-10-15-9-21-23(11-16(15)12-31(22)27(34)35)38-24(25(32)30-21)14-5-7-17(8-6-14)37-13-18-19(28)3-2-4-20(18)29/h2-9,11,22,24H,10,12-13H2,1H3,(H,30,32)(H,34,35)/t22-,24?/m0/s1. The van der Waals surface area contributed by atoms with Crippen LogP contribution < -0.4 is 14.8 Å². The highest BCUT2D eigenvalue weighted by molar-refractivity contribution is 6.35. The van der Waals surface area contributed by atoms with Gasteiger partial charge in [-0.15, -0.1) is 0 Å². The number of carbonyl (C=O) groups excluding carboxylic acids is 2. The van der Waals surface area contributed by atoms with Crippen LogP contribution in [0.2, 0.25) is 10.0 Å². The lowest BCUT2D eigenvalue weighted by Gasteiger charge is -2.34. The van der Waals surface area contributed by atoms with Gasteiger partial charge in [-0.25, -0.2) is 9.59 Å². The lowest BCUT2D eigenvalue weighted by atomic mass is 9.92. The smallest absolute Gasteiger partial charge is 0.408 e. The number of esters is 1. The number of halogens is 2. The van der Waals surface area contributed by atoms with Crippen LogP contribution in [0.4, 0.5) is 10.5 Å². The van der Waals surface area contributed by atoms with Crippen LogP contribution in [0.5, 0.6) is 11.5 Å². The van der Waals surface area contributed by atoms with Gasteiger partial charge in [-0.1, -0.05) is 41.4 Å². The first-order valence-electron chi connectivity index (χ1n) is 11.6. The lowest BCUT2D eigenvalue weighted by molar-refractivity contribution is -0.146. The Morgan fingerprint density at radius 2 is 1.82 bits per heavy atom. The number of ether oxygens (including phenoxy) is 3. The molecule has 1 unspecified atom stereocenters. The fourth-order valence-corrected chi connectivity index (χ4v) is 5.03. The number of benzene rings is 3. The summed E-state index contributed by atoms with van der Waals surface area (Å²) in [4.78, 5) is 37.9. The maximum atomic E-state index is 12.9. The van der Waals surface area contributed by atoms with E-state index < -0.39 is 24.2 Å². The summed E-state index contributed by atoms with van der Waals surface area (Å²) in [6.45, 7) is 0.169. The van der Waals surface area contributed by atoms with E-state index in [1.165, 1.54) is 7.11 Å². The van der Waals surface area contributed by atoms with Crippen LogP contribution in [-0.4, -0.2) is 41.1 Å². The van der Waals surface area contributed by atoms with Crippen LogP contribution in [0.1, 0.15) is 28.4 Å². The van der Waals surface area contributed by atoms with E-state index in [2.05, 4.69) is 5.32 Å². The zero-order valence-electron chi connectivity index (χ0n) is 20.1. The quantitative estimate of drug-likeness (QED) is 0.414. The Balaban J connectivity index is 1.33. The zero-order chi connectivity index (χ0) is 27.0. The summed E-state index contributed by atoms with van der Waals surface area (Å²) in [6, 6.07) is 14.6. The molecular weight excluding hydrogens is 535 g/mol. The number of fused-ring (bicyclic) bond motifs is 2. The first kappa shape index (κ1) is 25.7. The molecule has 5 rings (SSSR count). The van der Waals surface area contributed by atoms with Crippen LogP contribution in [0.3, 0.4) is 0 Å². The molecule has 0 aromatic heterocycles. The van der Waals surface area contributed by atoms with E-state index in [4.69, 9.17) is 37.4 Å². The lowest BCUT2D eigenvalue weighted by Crippen LogP contribution is -2.48. The molecule has 2 heterocycles. The molecule has 2 aliphatic heterocycles. The molecule has 2 amide bonds. The Hall–Kier alpha value is -3.95. The van der Waals surface area contributed by atoms with Crippen LogP contribution >= 0.6 is 23.2 Å². The van der Waals surface area contributed by atoms with E-state index in [9.17, 15) is 19.5 Å². The highest BCUT2D eigenvalue weighted by Gasteiger charge is 2.37. The average Bonchev–Trinajstić information content (AvgIpc) is 2.90. The minimum absolute atomic E-state index is 0.0127. The van der Waals surface area contributed by atoms with Crippen molar-refractivity contribution in [3.8, 4) is 11.5 Å². The molecule has 196 valence electrons. The van der Waals surface area contributed by atoms with Crippen molar-refractivity contribution in [2.75, 3.05) is 12.4 Å². The van der Waals surface area contributed by atoms with Gasteiger partial charge < -0.3 is 24.6 Å².